The number of carbonyl (C=O) groups excluding carboxylic acids is 1. The Morgan fingerprint density at radius 2 is 0.983 bits per heavy atom. The predicted octanol–water partition coefficient (Wildman–Crippen LogP) is 10.5. The molecule has 6 N–H and O–H groups in total. The van der Waals surface area contributed by atoms with Gasteiger partial charge in [0.2, 0.25) is 5.91 Å². The molecule has 0 aromatic heterocycles. The molecular weight excluding hydrogens is 731 g/mol. The third-order valence-electron chi connectivity index (χ3n) is 11.4. The fourth-order valence-corrected chi connectivity index (χ4v) is 7.54. The highest BCUT2D eigenvalue weighted by Crippen LogP contribution is 2.22. The summed E-state index contributed by atoms with van der Waals surface area (Å²) in [6, 6.07) is -0.822. The van der Waals surface area contributed by atoms with Crippen LogP contribution in [0.5, 0.6) is 0 Å². The maximum Gasteiger partial charge on any atom is 0.220 e. The van der Waals surface area contributed by atoms with Crippen LogP contribution in [0.15, 0.2) is 36.5 Å². The molecule has 0 spiro atoms. The Labute approximate surface area is 355 Å². The Bertz CT molecular complexity index is 1000. The predicted molar refractivity (Wildman–Crippen MR) is 240 cm³/mol. The van der Waals surface area contributed by atoms with Gasteiger partial charge >= 0.3 is 0 Å². The van der Waals surface area contributed by atoms with E-state index >= 15 is 0 Å². The highest BCUT2D eigenvalue weighted by Gasteiger charge is 2.44. The van der Waals surface area contributed by atoms with Crippen molar-refractivity contribution >= 4 is 5.91 Å². The van der Waals surface area contributed by atoms with Crippen molar-refractivity contribution in [1.82, 2.24) is 5.32 Å². The maximum atomic E-state index is 12.8. The van der Waals surface area contributed by atoms with E-state index in [-0.39, 0.29) is 12.5 Å². The molecule has 7 unspecified atom stereocenters. The van der Waals surface area contributed by atoms with Gasteiger partial charge in [0.05, 0.1) is 25.4 Å². The van der Waals surface area contributed by atoms with E-state index in [9.17, 15) is 30.3 Å². The van der Waals surface area contributed by atoms with Crippen molar-refractivity contribution in [2.24, 2.45) is 0 Å². The van der Waals surface area contributed by atoms with Crippen LogP contribution in [0.3, 0.4) is 0 Å². The number of nitrogens with one attached hydrogen (secondary N) is 1. The molecule has 340 valence electrons. The van der Waals surface area contributed by atoms with Gasteiger partial charge in [-0.2, -0.15) is 0 Å². The molecule has 1 fully saturated rings. The highest BCUT2D eigenvalue weighted by molar-refractivity contribution is 5.76. The first-order valence-corrected chi connectivity index (χ1v) is 24.2. The zero-order chi connectivity index (χ0) is 42.3. The van der Waals surface area contributed by atoms with E-state index in [1.165, 1.54) is 148 Å². The van der Waals surface area contributed by atoms with Crippen LogP contribution in [0.2, 0.25) is 0 Å². The Hall–Kier alpha value is -1.59. The summed E-state index contributed by atoms with van der Waals surface area (Å²) in [4.78, 5) is 12.8. The lowest BCUT2D eigenvalue weighted by Gasteiger charge is -2.40. The molecule has 9 nitrogen and oxygen atoms in total. The summed E-state index contributed by atoms with van der Waals surface area (Å²) in [6.07, 6.45) is 42.4. The number of allylic oxidation sites excluding steroid dienone is 5. The summed E-state index contributed by atoms with van der Waals surface area (Å²) in [5.41, 5.74) is 0. The van der Waals surface area contributed by atoms with E-state index < -0.39 is 49.5 Å². The van der Waals surface area contributed by atoms with Gasteiger partial charge in [-0.1, -0.05) is 198 Å². The van der Waals surface area contributed by atoms with Crippen molar-refractivity contribution in [3.8, 4) is 0 Å². The largest absolute Gasteiger partial charge is 0.394 e. The third-order valence-corrected chi connectivity index (χ3v) is 11.4. The second kappa shape index (κ2) is 39.5. The van der Waals surface area contributed by atoms with E-state index in [1.54, 1.807) is 6.08 Å². The quantitative estimate of drug-likeness (QED) is 0.0264. The normalized spacial score (nSPS) is 21.1. The van der Waals surface area contributed by atoms with Gasteiger partial charge in [0.1, 0.15) is 24.4 Å². The lowest BCUT2D eigenvalue weighted by Crippen LogP contribution is -2.60. The molecule has 9 heteroatoms. The molecule has 0 aliphatic carbocycles. The average Bonchev–Trinajstić information content (AvgIpc) is 3.22. The van der Waals surface area contributed by atoms with Crippen LogP contribution in [0.1, 0.15) is 213 Å². The SMILES string of the molecule is CCCCCCCCCCCCCCCCCCCC/C=C/CC/C=C/CC/C=C/C(O)C(COC1OC(CO)C(O)C(O)C1O)NC(=O)CCCCCCCCC. The zero-order valence-electron chi connectivity index (χ0n) is 37.3. The molecule has 1 aliphatic heterocycles. The number of hydrogen-bond donors (Lipinski definition) is 6. The molecule has 1 aliphatic rings. The first kappa shape index (κ1) is 54.4. The summed E-state index contributed by atoms with van der Waals surface area (Å²) < 4.78 is 11.1. The molecule has 7 atom stereocenters. The van der Waals surface area contributed by atoms with Gasteiger partial charge < -0.3 is 40.3 Å². The van der Waals surface area contributed by atoms with Crippen molar-refractivity contribution in [2.45, 2.75) is 256 Å². The van der Waals surface area contributed by atoms with Gasteiger partial charge in [-0.15, -0.1) is 0 Å². The Balaban J connectivity index is 2.21. The van der Waals surface area contributed by atoms with Gasteiger partial charge in [-0.05, 0) is 44.9 Å². The number of carbonyl (C=O) groups is 1. The molecule has 58 heavy (non-hydrogen) atoms. The summed E-state index contributed by atoms with van der Waals surface area (Å²) >= 11 is 0. The number of aliphatic hydroxyl groups excluding tert-OH is 5. The van der Waals surface area contributed by atoms with Gasteiger partial charge in [-0.3, -0.25) is 4.79 Å². The van der Waals surface area contributed by atoms with Crippen LogP contribution < -0.4 is 5.32 Å². The van der Waals surface area contributed by atoms with Crippen molar-refractivity contribution in [1.29, 1.82) is 0 Å². The van der Waals surface area contributed by atoms with Crippen LogP contribution in [-0.4, -0.2) is 87.5 Å². The van der Waals surface area contributed by atoms with E-state index in [0.717, 1.165) is 44.9 Å². The standard InChI is InChI=1S/C49H91NO8/c1-3-5-7-9-11-12-13-14-15-16-17-18-19-20-21-22-23-24-25-26-27-28-29-30-31-33-34-36-38-43(52)42(50-45(53)39-37-35-32-10-8-6-4-2)41-57-49-48(56)47(55)46(54)44(40-51)58-49/h26-27,30-31,36,38,42-44,46-49,51-52,54-56H,3-25,28-29,32-35,37,39-41H2,1-2H3,(H,50,53)/b27-26+,31-30+,38-36+. The average molecular weight is 822 g/mol. The Kier molecular flexibility index (Phi) is 37.1. The van der Waals surface area contributed by atoms with Crippen LogP contribution in [0, 0.1) is 0 Å². The first-order valence-electron chi connectivity index (χ1n) is 24.2. The highest BCUT2D eigenvalue weighted by atomic mass is 16.7. The van der Waals surface area contributed by atoms with Crippen molar-refractivity contribution in [3.05, 3.63) is 36.5 Å². The molecule has 0 saturated carbocycles. The molecular formula is C49H91NO8. The second-order valence-corrected chi connectivity index (χ2v) is 16.9. The lowest BCUT2D eigenvalue weighted by molar-refractivity contribution is -0.302. The summed E-state index contributed by atoms with van der Waals surface area (Å²) in [6.45, 7) is 3.70. The van der Waals surface area contributed by atoms with E-state index in [0.29, 0.717) is 6.42 Å². The summed E-state index contributed by atoms with van der Waals surface area (Å²) in [5.74, 6) is -0.198. The van der Waals surface area contributed by atoms with Crippen LogP contribution in [-0.2, 0) is 14.3 Å². The minimum absolute atomic E-state index is 0.198. The van der Waals surface area contributed by atoms with Gasteiger partial charge in [0.15, 0.2) is 6.29 Å². The van der Waals surface area contributed by atoms with Crippen LogP contribution in [0.25, 0.3) is 0 Å². The molecule has 0 aromatic rings. The Morgan fingerprint density at radius 1 is 0.569 bits per heavy atom. The number of unbranched alkanes of at least 4 members (excludes halogenated alkanes) is 26. The van der Waals surface area contributed by atoms with Crippen LogP contribution in [0.4, 0.5) is 0 Å². The van der Waals surface area contributed by atoms with Crippen molar-refractivity contribution in [3.63, 3.8) is 0 Å². The Morgan fingerprint density at radius 3 is 1.45 bits per heavy atom. The lowest BCUT2D eigenvalue weighted by atomic mass is 9.99. The van der Waals surface area contributed by atoms with E-state index in [1.807, 2.05) is 6.08 Å². The number of ether oxygens (including phenoxy) is 2. The van der Waals surface area contributed by atoms with Gasteiger partial charge in [0, 0.05) is 6.42 Å². The fraction of sp³-hybridized carbons (Fsp3) is 0.857. The minimum atomic E-state index is -1.57. The van der Waals surface area contributed by atoms with E-state index in [2.05, 4.69) is 43.5 Å². The van der Waals surface area contributed by atoms with E-state index in [4.69, 9.17) is 9.47 Å². The third kappa shape index (κ3) is 29.6. The summed E-state index contributed by atoms with van der Waals surface area (Å²) in [7, 11) is 0. The van der Waals surface area contributed by atoms with Crippen molar-refractivity contribution < 1.29 is 39.8 Å². The molecule has 0 aromatic carbocycles. The number of amides is 1. The molecule has 1 heterocycles. The smallest absolute Gasteiger partial charge is 0.220 e. The first-order chi connectivity index (χ1) is 28.3. The maximum absolute atomic E-state index is 12.8. The molecule has 1 saturated heterocycles. The number of hydrogen-bond acceptors (Lipinski definition) is 8. The topological polar surface area (TPSA) is 149 Å². The second-order valence-electron chi connectivity index (χ2n) is 16.9. The van der Waals surface area contributed by atoms with Gasteiger partial charge in [-0.25, -0.2) is 0 Å². The summed E-state index contributed by atoms with van der Waals surface area (Å²) in [5, 5.41) is 53.9. The zero-order valence-corrected chi connectivity index (χ0v) is 37.3. The monoisotopic (exact) mass is 822 g/mol. The minimum Gasteiger partial charge on any atom is -0.394 e. The fourth-order valence-electron chi connectivity index (χ4n) is 7.54. The van der Waals surface area contributed by atoms with Gasteiger partial charge in [0.25, 0.3) is 0 Å². The molecule has 1 rings (SSSR count). The molecule has 0 radical (unpaired) electrons. The molecule has 1 amide bonds. The number of rotatable bonds is 40. The molecule has 0 bridgehead atoms. The van der Waals surface area contributed by atoms with Crippen LogP contribution >= 0.6 is 0 Å². The number of aliphatic hydroxyl groups is 5. The van der Waals surface area contributed by atoms with Crippen molar-refractivity contribution in [2.75, 3.05) is 13.2 Å².